The Morgan fingerprint density at radius 1 is 1.62 bits per heavy atom. The number of amides is 1. The highest BCUT2D eigenvalue weighted by Crippen LogP contribution is 1.99. The highest BCUT2D eigenvalue weighted by atomic mass is 16.4. The summed E-state index contributed by atoms with van der Waals surface area (Å²) < 4.78 is 1.34. The Kier molecular flexibility index (Phi) is 4.01. The molecule has 0 bridgehead atoms. The lowest BCUT2D eigenvalue weighted by atomic mass is 10.2. The zero-order valence-electron chi connectivity index (χ0n) is 8.75. The molecule has 0 aromatic carbocycles. The fourth-order valence-corrected chi connectivity index (χ4v) is 1.22. The molecule has 0 aliphatic carbocycles. The van der Waals surface area contributed by atoms with Crippen molar-refractivity contribution in [2.45, 2.75) is 12.5 Å². The first-order chi connectivity index (χ1) is 7.56. The van der Waals surface area contributed by atoms with Gasteiger partial charge in [0.25, 0.3) is 5.91 Å². The molecule has 0 fully saturated rings. The summed E-state index contributed by atoms with van der Waals surface area (Å²) in [6.45, 7) is -0.303. The van der Waals surface area contributed by atoms with Crippen LogP contribution in [0, 0.1) is 0 Å². The number of carbonyl (C=O) groups is 2. The third-order valence-corrected chi connectivity index (χ3v) is 2.07. The Balaban J connectivity index is 2.69. The van der Waals surface area contributed by atoms with Gasteiger partial charge in [0.15, 0.2) is 0 Å². The number of nitrogens with zero attached hydrogens (tertiary/aromatic N) is 2. The Labute approximate surface area is 91.7 Å². The minimum atomic E-state index is -1.18. The van der Waals surface area contributed by atoms with Gasteiger partial charge < -0.3 is 15.5 Å². The van der Waals surface area contributed by atoms with Crippen LogP contribution < -0.4 is 5.32 Å². The van der Waals surface area contributed by atoms with Crippen molar-refractivity contribution in [3.8, 4) is 0 Å². The molecule has 1 heterocycles. The van der Waals surface area contributed by atoms with E-state index >= 15 is 0 Å². The number of carbonyl (C=O) groups excluding carboxylic acids is 1. The molecule has 0 spiro atoms. The van der Waals surface area contributed by atoms with Crippen molar-refractivity contribution in [2.75, 3.05) is 6.61 Å². The van der Waals surface area contributed by atoms with Crippen LogP contribution in [0.5, 0.6) is 0 Å². The minimum Gasteiger partial charge on any atom is -0.480 e. The van der Waals surface area contributed by atoms with Crippen LogP contribution in [0.4, 0.5) is 0 Å². The van der Waals surface area contributed by atoms with E-state index < -0.39 is 17.9 Å². The molecule has 1 aromatic rings. The van der Waals surface area contributed by atoms with Crippen LogP contribution in [-0.2, 0) is 11.8 Å². The lowest BCUT2D eigenvalue weighted by Crippen LogP contribution is -2.42. The van der Waals surface area contributed by atoms with Crippen molar-refractivity contribution < 1.29 is 19.8 Å². The molecule has 1 rings (SSSR count). The second-order valence-corrected chi connectivity index (χ2v) is 3.22. The number of hydrogen-bond acceptors (Lipinski definition) is 4. The summed E-state index contributed by atoms with van der Waals surface area (Å²) in [4.78, 5) is 22.3. The molecule has 1 atom stereocenters. The minimum absolute atomic E-state index is 0.0288. The van der Waals surface area contributed by atoms with E-state index in [1.165, 1.54) is 16.9 Å². The van der Waals surface area contributed by atoms with Crippen LogP contribution in [-0.4, -0.2) is 44.5 Å². The molecular weight excluding hydrogens is 214 g/mol. The average Bonchev–Trinajstić information content (AvgIpc) is 2.63. The lowest BCUT2D eigenvalue weighted by Gasteiger charge is -2.12. The third-order valence-electron chi connectivity index (χ3n) is 2.07. The van der Waals surface area contributed by atoms with Gasteiger partial charge in [-0.25, -0.2) is 4.79 Å². The molecule has 16 heavy (non-hydrogen) atoms. The molecule has 0 saturated carbocycles. The fraction of sp³-hybridized carbons (Fsp3) is 0.444. The monoisotopic (exact) mass is 227 g/mol. The Morgan fingerprint density at radius 2 is 2.31 bits per heavy atom. The summed E-state index contributed by atoms with van der Waals surface area (Å²) in [6, 6.07) is 0.389. The summed E-state index contributed by atoms with van der Waals surface area (Å²) in [5.41, 5.74) is 0.268. The highest BCUT2D eigenvalue weighted by Gasteiger charge is 2.21. The van der Waals surface area contributed by atoms with Gasteiger partial charge in [-0.2, -0.15) is 5.10 Å². The molecule has 88 valence electrons. The van der Waals surface area contributed by atoms with Gasteiger partial charge in [-0.3, -0.25) is 9.48 Å². The van der Waals surface area contributed by atoms with Crippen molar-refractivity contribution >= 4 is 11.9 Å². The van der Waals surface area contributed by atoms with Gasteiger partial charge in [0.1, 0.15) is 11.7 Å². The zero-order valence-corrected chi connectivity index (χ0v) is 8.75. The van der Waals surface area contributed by atoms with E-state index in [4.69, 9.17) is 10.2 Å². The standard InChI is InChI=1S/C9H13N3O4/c1-12-7(2-4-10-12)8(14)11-6(3-5-13)9(15)16/h2,4,6,13H,3,5H2,1H3,(H,11,14)(H,15,16)/t6-/m0/s1. The van der Waals surface area contributed by atoms with Gasteiger partial charge >= 0.3 is 5.97 Å². The molecule has 0 saturated heterocycles. The average molecular weight is 227 g/mol. The maximum absolute atomic E-state index is 11.6. The topological polar surface area (TPSA) is 104 Å². The van der Waals surface area contributed by atoms with Gasteiger partial charge in [0.05, 0.1) is 0 Å². The van der Waals surface area contributed by atoms with Gasteiger partial charge in [-0.05, 0) is 6.07 Å². The summed E-state index contributed by atoms with van der Waals surface area (Å²) in [7, 11) is 1.58. The molecule has 7 heteroatoms. The highest BCUT2D eigenvalue weighted by molar-refractivity contribution is 5.95. The number of aliphatic carboxylic acids is 1. The maximum atomic E-state index is 11.6. The van der Waals surface area contributed by atoms with Crippen LogP contribution in [0.25, 0.3) is 0 Å². The van der Waals surface area contributed by atoms with Gasteiger partial charge in [-0.1, -0.05) is 0 Å². The van der Waals surface area contributed by atoms with Gasteiger partial charge in [0.2, 0.25) is 0 Å². The molecule has 3 N–H and O–H groups in total. The number of nitrogens with one attached hydrogen (secondary N) is 1. The SMILES string of the molecule is Cn1nccc1C(=O)N[C@@H](CCO)C(=O)O. The summed E-state index contributed by atoms with van der Waals surface area (Å²) >= 11 is 0. The number of aromatic nitrogens is 2. The van der Waals surface area contributed by atoms with Crippen LogP contribution >= 0.6 is 0 Å². The molecular formula is C9H13N3O4. The quantitative estimate of drug-likeness (QED) is 0.597. The lowest BCUT2D eigenvalue weighted by molar-refractivity contribution is -0.139. The molecule has 1 aromatic heterocycles. The number of aryl methyl sites for hydroxylation is 1. The van der Waals surface area contributed by atoms with E-state index in [1.807, 2.05) is 0 Å². The Bertz CT molecular complexity index is 388. The van der Waals surface area contributed by atoms with Crippen LogP contribution in [0.1, 0.15) is 16.9 Å². The normalized spacial score (nSPS) is 12.1. The molecule has 7 nitrogen and oxygen atoms in total. The Morgan fingerprint density at radius 3 is 2.75 bits per heavy atom. The number of aliphatic hydroxyl groups excluding tert-OH is 1. The molecule has 1 amide bonds. The van der Waals surface area contributed by atoms with Gasteiger partial charge in [0, 0.05) is 26.3 Å². The van der Waals surface area contributed by atoms with Gasteiger partial charge in [-0.15, -0.1) is 0 Å². The molecule has 0 radical (unpaired) electrons. The first-order valence-electron chi connectivity index (χ1n) is 4.68. The number of carboxylic acid groups (broad SMARTS) is 1. The zero-order chi connectivity index (χ0) is 12.1. The van der Waals surface area contributed by atoms with E-state index in [0.717, 1.165) is 0 Å². The van der Waals surface area contributed by atoms with E-state index in [0.29, 0.717) is 0 Å². The van der Waals surface area contributed by atoms with Crippen molar-refractivity contribution in [1.82, 2.24) is 15.1 Å². The van der Waals surface area contributed by atoms with Crippen molar-refractivity contribution in [3.05, 3.63) is 18.0 Å². The number of aliphatic hydroxyl groups is 1. The third kappa shape index (κ3) is 2.80. The van der Waals surface area contributed by atoms with Crippen molar-refractivity contribution in [2.24, 2.45) is 7.05 Å². The predicted molar refractivity (Wildman–Crippen MR) is 53.8 cm³/mol. The molecule has 0 aliphatic heterocycles. The first kappa shape index (κ1) is 12.2. The van der Waals surface area contributed by atoms with Crippen LogP contribution in [0.2, 0.25) is 0 Å². The van der Waals surface area contributed by atoms with E-state index in [1.54, 1.807) is 7.05 Å². The number of rotatable bonds is 5. The summed E-state index contributed by atoms with van der Waals surface area (Å²) in [5, 5.41) is 23.5. The fourth-order valence-electron chi connectivity index (χ4n) is 1.22. The first-order valence-corrected chi connectivity index (χ1v) is 4.68. The second kappa shape index (κ2) is 5.26. The van der Waals surface area contributed by atoms with Crippen LogP contribution in [0.3, 0.4) is 0 Å². The predicted octanol–water partition coefficient (Wildman–Crippen LogP) is -1.01. The Hall–Kier alpha value is -1.89. The van der Waals surface area contributed by atoms with Crippen molar-refractivity contribution in [1.29, 1.82) is 0 Å². The van der Waals surface area contributed by atoms with Crippen LogP contribution in [0.15, 0.2) is 12.3 Å². The second-order valence-electron chi connectivity index (χ2n) is 3.22. The summed E-state index contributed by atoms with van der Waals surface area (Å²) in [6.07, 6.45) is 1.41. The van der Waals surface area contributed by atoms with E-state index in [-0.39, 0.29) is 18.7 Å². The summed E-state index contributed by atoms with van der Waals surface area (Å²) in [5.74, 6) is -1.70. The van der Waals surface area contributed by atoms with Crippen molar-refractivity contribution in [3.63, 3.8) is 0 Å². The number of carboxylic acids is 1. The molecule has 0 unspecified atom stereocenters. The van der Waals surface area contributed by atoms with E-state index in [9.17, 15) is 9.59 Å². The largest absolute Gasteiger partial charge is 0.480 e. The smallest absolute Gasteiger partial charge is 0.326 e. The van der Waals surface area contributed by atoms with E-state index in [2.05, 4.69) is 10.4 Å². The molecule has 0 aliphatic rings. The number of hydrogen-bond donors (Lipinski definition) is 3. The maximum Gasteiger partial charge on any atom is 0.326 e.